The molecule has 38 heavy (non-hydrogen) atoms. The lowest BCUT2D eigenvalue weighted by atomic mass is 10.2. The number of rotatable bonds is 7. The molecular weight excluding hydrogens is 499 g/mol. The van der Waals surface area contributed by atoms with Gasteiger partial charge in [-0.15, -0.1) is 5.10 Å². The molecule has 5 aromatic rings. The van der Waals surface area contributed by atoms with Crippen molar-refractivity contribution in [2.45, 2.75) is 52.3 Å². The molecule has 0 saturated carbocycles. The lowest BCUT2D eigenvalue weighted by Crippen LogP contribution is -2.40. The number of nitrogen functional groups attached to an aromatic ring is 1. The van der Waals surface area contributed by atoms with E-state index in [1.54, 1.807) is 12.3 Å². The Morgan fingerprint density at radius 1 is 1.00 bits per heavy atom. The van der Waals surface area contributed by atoms with Gasteiger partial charge in [-0.05, 0) is 60.1 Å². The topological polar surface area (TPSA) is 110 Å². The van der Waals surface area contributed by atoms with E-state index in [9.17, 15) is 4.39 Å². The van der Waals surface area contributed by atoms with Crippen molar-refractivity contribution in [3.63, 3.8) is 0 Å². The maximum atomic E-state index is 13.0. The molecular formula is C27H31FN8OSi. The third-order valence-corrected chi connectivity index (χ3v) is 11.6. The van der Waals surface area contributed by atoms with Gasteiger partial charge in [0, 0.05) is 11.9 Å². The van der Waals surface area contributed by atoms with Crippen molar-refractivity contribution in [3.05, 3.63) is 66.5 Å². The summed E-state index contributed by atoms with van der Waals surface area (Å²) in [7, 11) is -1.87. The van der Waals surface area contributed by atoms with Crippen LogP contribution < -0.4 is 5.73 Å². The Labute approximate surface area is 221 Å². The van der Waals surface area contributed by atoms with Crippen LogP contribution in [0.5, 0.6) is 0 Å². The third-order valence-electron chi connectivity index (χ3n) is 7.11. The molecule has 0 spiro atoms. The van der Waals surface area contributed by atoms with Crippen LogP contribution in [0.25, 0.3) is 39.6 Å². The van der Waals surface area contributed by atoms with Gasteiger partial charge in [-0.2, -0.15) is 0 Å². The van der Waals surface area contributed by atoms with Crippen LogP contribution in [0.3, 0.4) is 0 Å². The summed E-state index contributed by atoms with van der Waals surface area (Å²) in [6, 6.07) is 15.5. The molecule has 0 aliphatic heterocycles. The highest BCUT2D eigenvalue weighted by molar-refractivity contribution is 6.74. The van der Waals surface area contributed by atoms with Gasteiger partial charge < -0.3 is 10.2 Å². The second kappa shape index (κ2) is 9.73. The van der Waals surface area contributed by atoms with Gasteiger partial charge in [0.1, 0.15) is 17.0 Å². The Balaban J connectivity index is 1.59. The van der Waals surface area contributed by atoms with Crippen molar-refractivity contribution in [2.75, 3.05) is 5.73 Å². The van der Waals surface area contributed by atoms with Crippen LogP contribution in [0.4, 0.5) is 10.2 Å². The predicted molar refractivity (Wildman–Crippen MR) is 149 cm³/mol. The number of nitrogens with two attached hydrogens (primary N) is 1. The summed E-state index contributed by atoms with van der Waals surface area (Å²) in [5.41, 5.74) is 11.2. The fourth-order valence-corrected chi connectivity index (χ4v) is 4.79. The number of halogens is 1. The lowest BCUT2D eigenvalue weighted by Gasteiger charge is -2.36. The molecule has 4 heterocycles. The van der Waals surface area contributed by atoms with Crippen LogP contribution in [0, 0.1) is 0 Å². The molecule has 0 fully saturated rings. The highest BCUT2D eigenvalue weighted by Gasteiger charge is 2.37. The molecule has 9 nitrogen and oxygen atoms in total. The number of aromatic nitrogens is 7. The number of imidazole rings is 1. The molecule has 2 N–H and O–H groups in total. The zero-order valence-corrected chi connectivity index (χ0v) is 23.2. The minimum atomic E-state index is -1.87. The van der Waals surface area contributed by atoms with Gasteiger partial charge in [0.2, 0.25) is 0 Å². The molecule has 196 valence electrons. The predicted octanol–water partition coefficient (Wildman–Crippen LogP) is 5.77. The molecule has 0 aliphatic carbocycles. The third kappa shape index (κ3) is 4.82. The molecule has 4 aromatic heterocycles. The number of nitrogens with zero attached hydrogens (tertiary/aromatic N) is 7. The van der Waals surface area contributed by atoms with Crippen molar-refractivity contribution in [2.24, 2.45) is 0 Å². The van der Waals surface area contributed by atoms with Crippen LogP contribution >= 0.6 is 0 Å². The van der Waals surface area contributed by atoms with Gasteiger partial charge >= 0.3 is 0 Å². The van der Waals surface area contributed by atoms with Crippen molar-refractivity contribution >= 4 is 25.3 Å². The van der Waals surface area contributed by atoms with Crippen molar-refractivity contribution in [1.29, 1.82) is 0 Å². The summed E-state index contributed by atoms with van der Waals surface area (Å²) in [5.74, 6) is 0.988. The number of hydrogen-bond donors (Lipinski definition) is 1. The van der Waals surface area contributed by atoms with E-state index in [0.717, 1.165) is 15.9 Å². The van der Waals surface area contributed by atoms with Gasteiger partial charge in [0.25, 0.3) is 0 Å². The Morgan fingerprint density at radius 3 is 2.42 bits per heavy atom. The van der Waals surface area contributed by atoms with E-state index < -0.39 is 15.1 Å². The Morgan fingerprint density at radius 2 is 1.76 bits per heavy atom. The molecule has 0 saturated heterocycles. The molecule has 0 radical (unpaired) electrons. The average Bonchev–Trinajstić information content (AvgIpc) is 3.52. The van der Waals surface area contributed by atoms with Crippen LogP contribution in [0.2, 0.25) is 18.1 Å². The summed E-state index contributed by atoms with van der Waals surface area (Å²) in [6.07, 6.45) is 3.17. The number of fused-ring (bicyclic) bond motifs is 1. The first kappa shape index (κ1) is 25.7. The average molecular weight is 531 g/mol. The minimum Gasteiger partial charge on any atom is -0.413 e. The largest absolute Gasteiger partial charge is 0.413 e. The van der Waals surface area contributed by atoms with E-state index >= 15 is 0 Å². The van der Waals surface area contributed by atoms with Gasteiger partial charge in [0.05, 0.1) is 24.1 Å². The maximum absolute atomic E-state index is 13.0. The summed E-state index contributed by atoms with van der Waals surface area (Å²) >= 11 is 0. The Bertz CT molecular complexity index is 1590. The highest BCUT2D eigenvalue weighted by atomic mass is 28.4. The summed E-state index contributed by atoms with van der Waals surface area (Å²) in [6.45, 7) is 11.0. The Kier molecular flexibility index (Phi) is 6.57. The van der Waals surface area contributed by atoms with E-state index in [4.69, 9.17) is 20.1 Å². The van der Waals surface area contributed by atoms with Crippen molar-refractivity contribution in [1.82, 2.24) is 34.5 Å². The second-order valence-electron chi connectivity index (χ2n) is 10.7. The first-order valence-corrected chi connectivity index (χ1v) is 15.3. The van der Waals surface area contributed by atoms with E-state index in [0.29, 0.717) is 46.4 Å². The van der Waals surface area contributed by atoms with Crippen LogP contribution in [0.1, 0.15) is 26.3 Å². The zero-order chi connectivity index (χ0) is 27.1. The fourth-order valence-electron chi connectivity index (χ4n) is 3.83. The molecule has 0 atom stereocenters. The Hall–Kier alpha value is -3.96. The summed E-state index contributed by atoms with van der Waals surface area (Å²) in [4.78, 5) is 14.0. The van der Waals surface area contributed by atoms with Crippen molar-refractivity contribution < 1.29 is 8.82 Å². The van der Waals surface area contributed by atoms with Crippen LogP contribution in [-0.4, -0.2) is 42.8 Å². The van der Waals surface area contributed by atoms with E-state index in [1.807, 2.05) is 34.9 Å². The first-order valence-electron chi connectivity index (χ1n) is 12.4. The minimum absolute atomic E-state index is 0.139. The van der Waals surface area contributed by atoms with Gasteiger partial charge in [-0.1, -0.05) is 38.1 Å². The summed E-state index contributed by atoms with van der Waals surface area (Å²) < 4.78 is 22.5. The normalized spacial score (nSPS) is 12.4. The molecule has 0 bridgehead atoms. The number of pyridine rings is 2. The van der Waals surface area contributed by atoms with E-state index in [2.05, 4.69) is 61.3 Å². The zero-order valence-electron chi connectivity index (χ0n) is 22.2. The van der Waals surface area contributed by atoms with Crippen LogP contribution in [0.15, 0.2) is 60.9 Å². The highest BCUT2D eigenvalue weighted by Crippen LogP contribution is 2.37. The van der Waals surface area contributed by atoms with Crippen molar-refractivity contribution in [3.8, 4) is 28.5 Å². The molecule has 0 aliphatic rings. The van der Waals surface area contributed by atoms with Gasteiger partial charge in [0.15, 0.2) is 26.6 Å². The number of alkyl halides is 1. The second-order valence-corrected chi connectivity index (χ2v) is 15.5. The summed E-state index contributed by atoms with van der Waals surface area (Å²) in [5, 5.41) is 7.98. The SMILES string of the molecule is CC(C)(C)[Si](C)(C)OCc1ccc(-n2c(-c3cccnc3N)nc3ccc(-c4cn(CF)nn4)nc32)cc1. The monoisotopic (exact) mass is 530 g/mol. The van der Waals surface area contributed by atoms with Gasteiger partial charge in [-0.25, -0.2) is 24.0 Å². The number of hydrogen-bond acceptors (Lipinski definition) is 7. The van der Waals surface area contributed by atoms with E-state index in [-0.39, 0.29) is 5.04 Å². The number of benzene rings is 1. The quantitative estimate of drug-likeness (QED) is 0.266. The molecule has 1 aromatic carbocycles. The molecule has 0 unspecified atom stereocenters. The molecule has 11 heteroatoms. The van der Waals surface area contributed by atoms with Crippen LogP contribution in [-0.2, 0) is 17.8 Å². The number of anilines is 1. The molecule has 5 rings (SSSR count). The molecule has 0 amide bonds. The van der Waals surface area contributed by atoms with Gasteiger partial charge in [-0.3, -0.25) is 4.57 Å². The first-order chi connectivity index (χ1) is 18.1. The smallest absolute Gasteiger partial charge is 0.192 e. The standard InChI is InChI=1S/C27H31FN8OSi/c1-27(2,3)38(4,5)37-16-18-8-10-19(11-9-18)36-25(20-7-6-14-30-24(20)29)32-22-13-12-21(31-26(22)36)23-15-35(17-28)34-33-23/h6-15H,16-17H2,1-5H3,(H2,29,30). The maximum Gasteiger partial charge on any atom is 0.192 e. The fraction of sp³-hybridized carbons (Fsp3) is 0.296. The van der Waals surface area contributed by atoms with E-state index in [1.165, 1.54) is 6.20 Å². The lowest BCUT2D eigenvalue weighted by molar-refractivity contribution is 0.276.